The van der Waals surface area contributed by atoms with Crippen LogP contribution in [-0.4, -0.2) is 48.3 Å². The Kier molecular flexibility index (Phi) is 4.24. The number of nitrogens with zero attached hydrogens (tertiary/aromatic N) is 1. The van der Waals surface area contributed by atoms with E-state index in [1.54, 1.807) is 13.1 Å². The number of amides is 2. The van der Waals surface area contributed by atoms with Crippen LogP contribution in [0.2, 0.25) is 0 Å². The average molecular weight is 278 g/mol. The van der Waals surface area contributed by atoms with Gasteiger partial charge in [-0.05, 0) is 24.6 Å². The smallest absolute Gasteiger partial charge is 0.321 e. The van der Waals surface area contributed by atoms with E-state index >= 15 is 0 Å². The standard InChI is InChI=1S/C14H18N2O4/c1-9-4-3-5-10(6-9)15-14(19)16(2)12-8-20-7-11(12)13(17)18/h3-6,11-12H,7-8H2,1-2H3,(H,15,19)(H,17,18). The second-order valence-electron chi connectivity index (χ2n) is 4.96. The Bertz CT molecular complexity index is 518. The molecule has 0 radical (unpaired) electrons. The lowest BCUT2D eigenvalue weighted by atomic mass is 10.0. The third kappa shape index (κ3) is 3.08. The molecule has 1 aliphatic rings. The van der Waals surface area contributed by atoms with Crippen molar-refractivity contribution in [2.45, 2.75) is 13.0 Å². The normalized spacial score (nSPS) is 21.5. The SMILES string of the molecule is Cc1cccc(NC(=O)N(C)C2COCC2C(=O)O)c1. The van der Waals surface area contributed by atoms with Gasteiger partial charge in [-0.15, -0.1) is 0 Å². The van der Waals surface area contributed by atoms with Crippen LogP contribution >= 0.6 is 0 Å². The lowest BCUT2D eigenvalue weighted by molar-refractivity contribution is -0.142. The van der Waals surface area contributed by atoms with Crippen molar-refractivity contribution in [3.8, 4) is 0 Å². The molecule has 1 saturated heterocycles. The van der Waals surface area contributed by atoms with Gasteiger partial charge in [-0.1, -0.05) is 12.1 Å². The number of hydrogen-bond acceptors (Lipinski definition) is 3. The van der Waals surface area contributed by atoms with Crippen molar-refractivity contribution in [2.24, 2.45) is 5.92 Å². The van der Waals surface area contributed by atoms with E-state index in [9.17, 15) is 9.59 Å². The van der Waals surface area contributed by atoms with Gasteiger partial charge in [0, 0.05) is 12.7 Å². The summed E-state index contributed by atoms with van der Waals surface area (Å²) < 4.78 is 5.17. The predicted octanol–water partition coefficient (Wildman–Crippen LogP) is 1.56. The van der Waals surface area contributed by atoms with Gasteiger partial charge < -0.3 is 20.1 Å². The van der Waals surface area contributed by atoms with Crippen LogP contribution in [0.3, 0.4) is 0 Å². The van der Waals surface area contributed by atoms with E-state index in [4.69, 9.17) is 9.84 Å². The minimum atomic E-state index is -0.942. The first-order valence-corrected chi connectivity index (χ1v) is 6.40. The molecule has 1 aromatic carbocycles. The zero-order valence-corrected chi connectivity index (χ0v) is 11.5. The van der Waals surface area contributed by atoms with Crippen LogP contribution in [0.1, 0.15) is 5.56 Å². The van der Waals surface area contributed by atoms with Crippen molar-refractivity contribution in [2.75, 3.05) is 25.6 Å². The molecule has 6 nitrogen and oxygen atoms in total. The molecular weight excluding hydrogens is 260 g/mol. The van der Waals surface area contributed by atoms with Crippen molar-refractivity contribution < 1.29 is 19.4 Å². The van der Waals surface area contributed by atoms with Crippen molar-refractivity contribution in [1.29, 1.82) is 0 Å². The summed E-state index contributed by atoms with van der Waals surface area (Å²) in [5.74, 6) is -1.62. The summed E-state index contributed by atoms with van der Waals surface area (Å²) in [5, 5.41) is 11.9. The quantitative estimate of drug-likeness (QED) is 0.879. The number of anilines is 1. The summed E-state index contributed by atoms with van der Waals surface area (Å²) in [5.41, 5.74) is 1.73. The van der Waals surface area contributed by atoms with Crippen LogP contribution in [-0.2, 0) is 9.53 Å². The van der Waals surface area contributed by atoms with Crippen LogP contribution in [0.4, 0.5) is 10.5 Å². The predicted molar refractivity (Wildman–Crippen MR) is 73.7 cm³/mol. The van der Waals surface area contributed by atoms with E-state index in [2.05, 4.69) is 5.32 Å². The first-order valence-electron chi connectivity index (χ1n) is 6.40. The van der Waals surface area contributed by atoms with Gasteiger partial charge in [-0.2, -0.15) is 0 Å². The first-order chi connectivity index (χ1) is 9.49. The summed E-state index contributed by atoms with van der Waals surface area (Å²) in [6.07, 6.45) is 0. The van der Waals surface area contributed by atoms with Crippen molar-refractivity contribution >= 4 is 17.7 Å². The zero-order valence-electron chi connectivity index (χ0n) is 11.5. The number of carboxylic acids is 1. The molecule has 0 saturated carbocycles. The van der Waals surface area contributed by atoms with Crippen molar-refractivity contribution in [3.63, 3.8) is 0 Å². The Morgan fingerprint density at radius 1 is 1.40 bits per heavy atom. The largest absolute Gasteiger partial charge is 0.481 e. The number of aryl methyl sites for hydroxylation is 1. The third-order valence-corrected chi connectivity index (χ3v) is 3.45. The Morgan fingerprint density at radius 2 is 2.15 bits per heavy atom. The minimum absolute atomic E-state index is 0.141. The molecule has 0 bridgehead atoms. The van der Waals surface area contributed by atoms with E-state index in [-0.39, 0.29) is 19.2 Å². The molecule has 20 heavy (non-hydrogen) atoms. The number of hydrogen-bond donors (Lipinski definition) is 2. The molecule has 1 aromatic rings. The number of likely N-dealkylation sites (N-methyl/N-ethyl adjacent to an activating group) is 1. The van der Waals surface area contributed by atoms with Gasteiger partial charge in [0.15, 0.2) is 0 Å². The topological polar surface area (TPSA) is 78.9 Å². The molecule has 2 atom stereocenters. The van der Waals surface area contributed by atoms with Gasteiger partial charge in [0.1, 0.15) is 5.92 Å². The van der Waals surface area contributed by atoms with E-state index in [0.29, 0.717) is 5.69 Å². The third-order valence-electron chi connectivity index (χ3n) is 3.45. The van der Waals surface area contributed by atoms with Crippen molar-refractivity contribution in [3.05, 3.63) is 29.8 Å². The number of nitrogens with one attached hydrogen (secondary N) is 1. The molecule has 0 aromatic heterocycles. The first kappa shape index (κ1) is 14.3. The monoisotopic (exact) mass is 278 g/mol. The number of ether oxygens (including phenoxy) is 1. The van der Waals surface area contributed by atoms with Gasteiger partial charge in [0.25, 0.3) is 0 Å². The number of benzene rings is 1. The number of urea groups is 1. The maximum atomic E-state index is 12.1. The summed E-state index contributed by atoms with van der Waals surface area (Å²) in [6, 6.07) is 6.65. The van der Waals surface area contributed by atoms with Crippen LogP contribution < -0.4 is 5.32 Å². The summed E-state index contributed by atoms with van der Waals surface area (Å²) >= 11 is 0. The number of carboxylic acid groups (broad SMARTS) is 1. The molecule has 2 N–H and O–H groups in total. The van der Waals surface area contributed by atoms with E-state index in [1.807, 2.05) is 25.1 Å². The van der Waals surface area contributed by atoms with Crippen LogP contribution in [0.5, 0.6) is 0 Å². The lowest BCUT2D eigenvalue weighted by Crippen LogP contribution is -2.45. The van der Waals surface area contributed by atoms with Crippen LogP contribution in [0, 0.1) is 12.8 Å². The average Bonchev–Trinajstić information content (AvgIpc) is 2.87. The molecule has 0 aliphatic carbocycles. The number of rotatable bonds is 3. The summed E-state index contributed by atoms with van der Waals surface area (Å²) in [7, 11) is 1.58. The number of aliphatic carboxylic acids is 1. The van der Waals surface area contributed by atoms with Crippen LogP contribution in [0.25, 0.3) is 0 Å². The Balaban J connectivity index is 2.03. The van der Waals surface area contributed by atoms with E-state index < -0.39 is 17.9 Å². The number of carbonyl (C=O) groups is 2. The zero-order chi connectivity index (χ0) is 14.7. The molecule has 2 unspecified atom stereocenters. The number of carbonyl (C=O) groups excluding carboxylic acids is 1. The van der Waals surface area contributed by atoms with Crippen molar-refractivity contribution in [1.82, 2.24) is 4.90 Å². The molecule has 108 valence electrons. The fourth-order valence-electron chi connectivity index (χ4n) is 2.25. The molecule has 2 amide bonds. The van der Waals surface area contributed by atoms with E-state index in [1.165, 1.54) is 4.90 Å². The fourth-order valence-corrected chi connectivity index (χ4v) is 2.25. The minimum Gasteiger partial charge on any atom is -0.481 e. The Hall–Kier alpha value is -2.08. The highest BCUT2D eigenvalue weighted by Crippen LogP contribution is 2.20. The molecule has 2 rings (SSSR count). The van der Waals surface area contributed by atoms with Gasteiger partial charge >= 0.3 is 12.0 Å². The fraction of sp³-hybridized carbons (Fsp3) is 0.429. The Morgan fingerprint density at radius 3 is 2.80 bits per heavy atom. The molecular formula is C14H18N2O4. The van der Waals surface area contributed by atoms with Gasteiger partial charge in [0.2, 0.25) is 0 Å². The van der Waals surface area contributed by atoms with E-state index in [0.717, 1.165) is 5.56 Å². The summed E-state index contributed by atoms with van der Waals surface area (Å²) in [6.45, 7) is 2.32. The second-order valence-corrected chi connectivity index (χ2v) is 4.96. The Labute approximate surface area is 117 Å². The highest BCUT2D eigenvalue weighted by molar-refractivity contribution is 5.90. The highest BCUT2D eigenvalue weighted by atomic mass is 16.5. The highest BCUT2D eigenvalue weighted by Gasteiger charge is 2.38. The second kappa shape index (κ2) is 5.92. The maximum absolute atomic E-state index is 12.1. The van der Waals surface area contributed by atoms with Crippen LogP contribution in [0.15, 0.2) is 24.3 Å². The van der Waals surface area contributed by atoms with Gasteiger partial charge in [0.05, 0.1) is 19.3 Å². The molecule has 0 spiro atoms. The molecule has 1 fully saturated rings. The lowest BCUT2D eigenvalue weighted by Gasteiger charge is -2.26. The molecule has 1 heterocycles. The maximum Gasteiger partial charge on any atom is 0.321 e. The van der Waals surface area contributed by atoms with Gasteiger partial charge in [-0.25, -0.2) is 4.79 Å². The molecule has 1 aliphatic heterocycles. The van der Waals surface area contributed by atoms with Gasteiger partial charge in [-0.3, -0.25) is 4.79 Å². The summed E-state index contributed by atoms with van der Waals surface area (Å²) in [4.78, 5) is 24.6. The molecule has 6 heteroatoms.